The van der Waals surface area contributed by atoms with Crippen molar-refractivity contribution in [1.82, 2.24) is 0 Å². The Hall–Kier alpha value is -6.18. The second kappa shape index (κ2) is 19.9. The number of fused-ring (bicyclic) bond motifs is 1. The molecule has 0 saturated carbocycles. The number of hydrogen-bond donors (Lipinski definition) is 0. The van der Waals surface area contributed by atoms with E-state index in [2.05, 4.69) is 255 Å². The summed E-state index contributed by atoms with van der Waals surface area (Å²) in [6.07, 6.45) is 15.9. The molecule has 63 heavy (non-hydrogen) atoms. The second-order valence-electron chi connectivity index (χ2n) is 19.2. The predicted molar refractivity (Wildman–Crippen MR) is 275 cm³/mol. The average molecular weight is 826 g/mol. The summed E-state index contributed by atoms with van der Waals surface area (Å²) in [6, 6.07) is 57.3. The van der Waals surface area contributed by atoms with E-state index in [1.165, 1.54) is 66.9 Å². The Morgan fingerprint density at radius 1 is 0.667 bits per heavy atom. The molecule has 0 N–H and O–H groups in total. The zero-order valence-electron chi connectivity index (χ0n) is 39.0. The van der Waals surface area contributed by atoms with Crippen molar-refractivity contribution >= 4 is 16.9 Å². The highest BCUT2D eigenvalue weighted by Gasteiger charge is 2.34. The van der Waals surface area contributed by atoms with Crippen molar-refractivity contribution in [1.29, 1.82) is 0 Å². The first-order chi connectivity index (χ1) is 30.4. The molecule has 0 spiro atoms. The maximum atomic E-state index is 4.42. The van der Waals surface area contributed by atoms with Crippen LogP contribution in [0.1, 0.15) is 85.8 Å². The molecule has 6 aromatic carbocycles. The fraction of sp³-hybridized carbons (Fsp3) is 0.258. The van der Waals surface area contributed by atoms with Gasteiger partial charge in [0.25, 0.3) is 0 Å². The van der Waals surface area contributed by atoms with Gasteiger partial charge < -0.3 is 4.90 Å². The molecule has 1 unspecified atom stereocenters. The summed E-state index contributed by atoms with van der Waals surface area (Å²) in [6.45, 7) is 23.4. The molecule has 1 atom stereocenters. The lowest BCUT2D eigenvalue weighted by Crippen LogP contribution is -2.24. The van der Waals surface area contributed by atoms with Gasteiger partial charge in [0, 0.05) is 17.1 Å². The molecule has 0 aromatic heterocycles. The first-order valence-corrected chi connectivity index (χ1v) is 23.1. The molecule has 1 nitrogen and oxygen atoms in total. The molecule has 1 heteroatoms. The molecule has 0 aliphatic heterocycles. The van der Waals surface area contributed by atoms with Crippen LogP contribution in [-0.4, -0.2) is 0 Å². The van der Waals surface area contributed by atoms with E-state index in [9.17, 15) is 0 Å². The third-order valence-corrected chi connectivity index (χ3v) is 12.8. The number of anilines is 2. The number of allylic oxidation sites excluding steroid dienone is 8. The fourth-order valence-electron chi connectivity index (χ4n) is 9.75. The van der Waals surface area contributed by atoms with E-state index in [0.717, 1.165) is 37.1 Å². The van der Waals surface area contributed by atoms with Crippen LogP contribution in [0.15, 0.2) is 212 Å². The minimum atomic E-state index is -0.0837. The zero-order chi connectivity index (χ0) is 44.6. The van der Waals surface area contributed by atoms with E-state index >= 15 is 0 Å². The van der Waals surface area contributed by atoms with Crippen LogP contribution < -0.4 is 4.90 Å². The van der Waals surface area contributed by atoms with E-state index in [4.69, 9.17) is 0 Å². The monoisotopic (exact) mass is 826 g/mol. The van der Waals surface area contributed by atoms with Crippen LogP contribution in [-0.2, 0) is 6.42 Å². The molecule has 0 heterocycles. The summed E-state index contributed by atoms with van der Waals surface area (Å²) in [5.74, 6) is 0.832. The highest BCUT2D eigenvalue weighted by molar-refractivity contribution is 5.92. The second-order valence-corrected chi connectivity index (χ2v) is 19.2. The van der Waals surface area contributed by atoms with Crippen molar-refractivity contribution < 1.29 is 0 Å². The fourth-order valence-corrected chi connectivity index (χ4v) is 9.75. The largest absolute Gasteiger partial charge is 0.311 e. The molecule has 0 radical (unpaired) electrons. The van der Waals surface area contributed by atoms with Gasteiger partial charge in [-0.25, -0.2) is 0 Å². The lowest BCUT2D eigenvalue weighted by molar-refractivity contribution is 0.354. The van der Waals surface area contributed by atoms with Crippen LogP contribution in [0.5, 0.6) is 0 Å². The predicted octanol–water partition coefficient (Wildman–Crippen LogP) is 17.9. The maximum absolute atomic E-state index is 4.42. The number of hydrogen-bond acceptors (Lipinski definition) is 1. The Bertz CT molecular complexity index is 2500. The van der Waals surface area contributed by atoms with Crippen molar-refractivity contribution in [3.05, 3.63) is 223 Å². The SMILES string of the molecule is C=CC1=C(/C=C(\CC)C(C)(C)CC(C)/C=C(\C=C/CC(C)C)N(c2ccc(-c3ccccc3)cc2)c2ccc(-c3ccccc3)cc2)c2c(cccc2-c2ccccc2)CC1(C)C. The molecule has 0 fully saturated rings. The topological polar surface area (TPSA) is 3.24 Å². The Morgan fingerprint density at radius 2 is 1.17 bits per heavy atom. The van der Waals surface area contributed by atoms with Crippen molar-refractivity contribution in [2.45, 2.75) is 81.1 Å². The quantitative estimate of drug-likeness (QED) is 0.0879. The summed E-state index contributed by atoms with van der Waals surface area (Å²) in [5.41, 5.74) is 17.7. The van der Waals surface area contributed by atoms with E-state index in [-0.39, 0.29) is 16.7 Å². The summed E-state index contributed by atoms with van der Waals surface area (Å²) < 4.78 is 0. The molecular formula is C62H67N. The first kappa shape index (κ1) is 44.9. The van der Waals surface area contributed by atoms with Gasteiger partial charge in [0.15, 0.2) is 0 Å². The Balaban J connectivity index is 1.30. The Labute approximate surface area is 380 Å². The Kier molecular flexibility index (Phi) is 14.2. The van der Waals surface area contributed by atoms with Crippen molar-refractivity contribution in [2.75, 3.05) is 4.90 Å². The van der Waals surface area contributed by atoms with Gasteiger partial charge in [-0.2, -0.15) is 0 Å². The summed E-state index contributed by atoms with van der Waals surface area (Å²) in [4.78, 5) is 2.45. The molecular weight excluding hydrogens is 759 g/mol. The third-order valence-electron chi connectivity index (χ3n) is 12.8. The van der Waals surface area contributed by atoms with Gasteiger partial charge >= 0.3 is 0 Å². The summed E-state index contributed by atoms with van der Waals surface area (Å²) in [7, 11) is 0. The lowest BCUT2D eigenvalue weighted by Gasteiger charge is -2.37. The van der Waals surface area contributed by atoms with Crippen LogP contribution in [0.3, 0.4) is 0 Å². The van der Waals surface area contributed by atoms with Crippen LogP contribution in [0.25, 0.3) is 39.0 Å². The van der Waals surface area contributed by atoms with Crippen LogP contribution in [0, 0.1) is 22.7 Å². The van der Waals surface area contributed by atoms with Crippen molar-refractivity contribution in [3.8, 4) is 33.4 Å². The van der Waals surface area contributed by atoms with Gasteiger partial charge in [0.2, 0.25) is 0 Å². The van der Waals surface area contributed by atoms with Gasteiger partial charge in [-0.1, -0.05) is 225 Å². The number of benzene rings is 6. The van der Waals surface area contributed by atoms with Crippen LogP contribution in [0.4, 0.5) is 11.4 Å². The molecule has 7 rings (SSSR count). The minimum Gasteiger partial charge on any atom is -0.311 e. The normalized spacial score (nSPS) is 14.8. The standard InChI is InChI=1S/C62H67N/c1-10-53(42-58-59(11-2)62(8,9)44-52-30-22-32-57(60(52)58)51-28-19-14-20-29-51)61(6,7)43-46(5)41-56(31-21-23-45(3)4)63(54-37-33-49(34-38-54)47-24-15-12-16-25-47)55-39-35-50(36-40-55)48-26-17-13-18-27-48/h11-22,24-42,45-46H,2,10,23,43-44H2,1,3-9H3/b31-21-,53-42+,56-41+. The molecule has 320 valence electrons. The molecule has 0 amide bonds. The molecule has 0 bridgehead atoms. The van der Waals surface area contributed by atoms with Crippen LogP contribution >= 0.6 is 0 Å². The maximum Gasteiger partial charge on any atom is 0.0461 e. The first-order valence-electron chi connectivity index (χ1n) is 23.1. The van der Waals surface area contributed by atoms with Gasteiger partial charge in [-0.15, -0.1) is 0 Å². The summed E-state index contributed by atoms with van der Waals surface area (Å²) >= 11 is 0. The molecule has 1 aliphatic carbocycles. The average Bonchev–Trinajstić information content (AvgIpc) is 3.28. The smallest absolute Gasteiger partial charge is 0.0461 e. The van der Waals surface area contributed by atoms with E-state index in [1.54, 1.807) is 0 Å². The van der Waals surface area contributed by atoms with Gasteiger partial charge in [-0.05, 0) is 134 Å². The minimum absolute atomic E-state index is 0.0335. The highest BCUT2D eigenvalue weighted by Crippen LogP contribution is 2.49. The van der Waals surface area contributed by atoms with E-state index in [1.807, 2.05) is 0 Å². The number of nitrogens with zero attached hydrogens (tertiary/aromatic N) is 1. The molecule has 6 aromatic rings. The lowest BCUT2D eigenvalue weighted by atomic mass is 9.67. The van der Waals surface area contributed by atoms with Crippen molar-refractivity contribution in [3.63, 3.8) is 0 Å². The van der Waals surface area contributed by atoms with Crippen molar-refractivity contribution in [2.24, 2.45) is 22.7 Å². The van der Waals surface area contributed by atoms with Crippen LogP contribution in [0.2, 0.25) is 0 Å². The zero-order valence-corrected chi connectivity index (χ0v) is 39.0. The third kappa shape index (κ3) is 10.5. The van der Waals surface area contributed by atoms with E-state index in [0.29, 0.717) is 5.92 Å². The summed E-state index contributed by atoms with van der Waals surface area (Å²) in [5, 5.41) is 0. The van der Waals surface area contributed by atoms with Gasteiger partial charge in [0.1, 0.15) is 0 Å². The van der Waals surface area contributed by atoms with Gasteiger partial charge in [0.05, 0.1) is 0 Å². The molecule has 0 saturated heterocycles. The van der Waals surface area contributed by atoms with E-state index < -0.39 is 0 Å². The molecule has 1 aliphatic rings. The number of rotatable bonds is 16. The Morgan fingerprint density at radius 3 is 1.67 bits per heavy atom. The van der Waals surface area contributed by atoms with Gasteiger partial charge in [-0.3, -0.25) is 0 Å². The highest BCUT2D eigenvalue weighted by atomic mass is 15.1.